The predicted molar refractivity (Wildman–Crippen MR) is 81.7 cm³/mol. The van der Waals surface area contributed by atoms with E-state index in [1.54, 1.807) is 18.2 Å². The van der Waals surface area contributed by atoms with Crippen molar-refractivity contribution in [2.75, 3.05) is 16.9 Å². The van der Waals surface area contributed by atoms with Crippen molar-refractivity contribution in [3.63, 3.8) is 0 Å². The van der Waals surface area contributed by atoms with Gasteiger partial charge < -0.3 is 21.6 Å². The summed E-state index contributed by atoms with van der Waals surface area (Å²) in [6.45, 7) is 0.149. The van der Waals surface area contributed by atoms with Crippen LogP contribution >= 0.6 is 23.2 Å². The molecule has 1 aromatic heterocycles. The number of ether oxygens (including phenoxy) is 1. The maximum Gasteiger partial charge on any atom is 0.169 e. The highest BCUT2D eigenvalue weighted by atomic mass is 35.5. The Hall–Kier alpha value is -1.89. The van der Waals surface area contributed by atoms with E-state index in [2.05, 4.69) is 10.4 Å². The van der Waals surface area contributed by atoms with Crippen molar-refractivity contribution in [2.24, 2.45) is 5.84 Å². The number of hydrogen-bond acceptors (Lipinski definition) is 6. The van der Waals surface area contributed by atoms with Crippen molar-refractivity contribution >= 4 is 40.5 Å². The first kappa shape index (κ1) is 14.5. The molecule has 0 radical (unpaired) electrons. The fourth-order valence-electron chi connectivity index (χ4n) is 1.60. The summed E-state index contributed by atoms with van der Waals surface area (Å²) in [5.74, 6) is 6.12. The lowest BCUT2D eigenvalue weighted by atomic mass is 10.2. The van der Waals surface area contributed by atoms with Crippen LogP contribution < -0.4 is 27.5 Å². The second-order valence-corrected chi connectivity index (χ2v) is 4.76. The largest absolute Gasteiger partial charge is 0.486 e. The number of nitrogens with one attached hydrogen (secondary N) is 1. The average Bonchev–Trinajstić information content (AvgIpc) is 2.41. The molecular weight excluding hydrogens is 301 g/mol. The molecule has 0 saturated carbocycles. The Labute approximate surface area is 125 Å². The third-order valence-electron chi connectivity index (χ3n) is 2.61. The van der Waals surface area contributed by atoms with Gasteiger partial charge in [-0.1, -0.05) is 29.3 Å². The van der Waals surface area contributed by atoms with Crippen LogP contribution in [0.5, 0.6) is 5.75 Å². The highest BCUT2D eigenvalue weighted by Crippen LogP contribution is 2.32. The highest BCUT2D eigenvalue weighted by molar-refractivity contribution is 6.35. The lowest BCUT2D eigenvalue weighted by molar-refractivity contribution is 0.308. The molecule has 0 aliphatic heterocycles. The van der Waals surface area contributed by atoms with E-state index in [0.717, 1.165) is 0 Å². The van der Waals surface area contributed by atoms with E-state index in [1.165, 1.54) is 6.07 Å². The number of hydrazine groups is 1. The summed E-state index contributed by atoms with van der Waals surface area (Å²) in [5, 5.41) is 1.02. The summed E-state index contributed by atoms with van der Waals surface area (Å²) in [6.07, 6.45) is 0. The van der Waals surface area contributed by atoms with Crippen molar-refractivity contribution in [2.45, 2.75) is 6.61 Å². The maximum atomic E-state index is 6.06. The Kier molecular flexibility index (Phi) is 4.39. The zero-order valence-electron chi connectivity index (χ0n) is 10.4. The number of hydrogen-bond donors (Lipinski definition) is 4. The van der Waals surface area contributed by atoms with E-state index in [0.29, 0.717) is 21.4 Å². The molecule has 0 amide bonds. The number of halogens is 2. The summed E-state index contributed by atoms with van der Waals surface area (Å²) in [4.78, 5) is 3.93. The molecule has 0 unspecified atom stereocenters. The molecule has 1 aromatic carbocycles. The number of nitrogens with zero attached hydrogens (tertiary/aromatic N) is 1. The molecule has 6 nitrogen and oxygen atoms in total. The molecule has 0 fully saturated rings. The lowest BCUT2D eigenvalue weighted by Gasteiger charge is -2.13. The fourth-order valence-corrected chi connectivity index (χ4v) is 2.11. The third-order valence-corrected chi connectivity index (χ3v) is 3.32. The van der Waals surface area contributed by atoms with Gasteiger partial charge in [-0.05, 0) is 12.1 Å². The SMILES string of the molecule is NNc1nc(N)cc(OCc2c(Cl)cccc2Cl)c1N. The molecule has 0 aliphatic carbocycles. The molecule has 2 rings (SSSR count). The van der Waals surface area contributed by atoms with Gasteiger partial charge in [-0.2, -0.15) is 0 Å². The second-order valence-electron chi connectivity index (χ2n) is 3.94. The summed E-state index contributed by atoms with van der Waals surface area (Å²) in [6, 6.07) is 6.71. The van der Waals surface area contributed by atoms with Crippen LogP contribution in [0.15, 0.2) is 24.3 Å². The Balaban J connectivity index is 2.25. The van der Waals surface area contributed by atoms with Gasteiger partial charge in [-0.25, -0.2) is 10.8 Å². The number of nitrogens with two attached hydrogens (primary N) is 3. The number of rotatable bonds is 4. The number of aromatic nitrogens is 1. The van der Waals surface area contributed by atoms with Gasteiger partial charge in [-0.15, -0.1) is 0 Å². The number of benzene rings is 1. The summed E-state index contributed by atoms with van der Waals surface area (Å²) < 4.78 is 5.60. The molecule has 0 bridgehead atoms. The molecule has 20 heavy (non-hydrogen) atoms. The first-order valence-electron chi connectivity index (χ1n) is 5.61. The van der Waals surface area contributed by atoms with Crippen molar-refractivity contribution in [3.8, 4) is 5.75 Å². The van der Waals surface area contributed by atoms with Gasteiger partial charge in [0.2, 0.25) is 0 Å². The van der Waals surface area contributed by atoms with Crippen LogP contribution in [0.2, 0.25) is 10.0 Å². The number of anilines is 3. The fraction of sp³-hybridized carbons (Fsp3) is 0.0833. The van der Waals surface area contributed by atoms with Crippen molar-refractivity contribution < 1.29 is 4.74 Å². The minimum atomic E-state index is 0.149. The third kappa shape index (κ3) is 2.98. The van der Waals surface area contributed by atoms with Crippen LogP contribution in [0.3, 0.4) is 0 Å². The smallest absolute Gasteiger partial charge is 0.169 e. The molecule has 1 heterocycles. The van der Waals surface area contributed by atoms with Crippen LogP contribution in [-0.2, 0) is 6.61 Å². The molecule has 0 atom stereocenters. The summed E-state index contributed by atoms with van der Waals surface area (Å²) >= 11 is 12.1. The molecule has 7 N–H and O–H groups in total. The van der Waals surface area contributed by atoms with Crippen molar-refractivity contribution in [1.29, 1.82) is 0 Å². The van der Waals surface area contributed by atoms with Crippen molar-refractivity contribution in [1.82, 2.24) is 4.98 Å². The standard InChI is InChI=1S/C12H13Cl2N5O/c13-7-2-1-3-8(14)6(7)5-20-9-4-10(15)18-12(19-17)11(9)16/h1-4H,5,16-17H2,(H3,15,18,19). The Morgan fingerprint density at radius 1 is 1.20 bits per heavy atom. The topological polar surface area (TPSA) is 112 Å². The normalized spacial score (nSPS) is 10.3. The first-order chi connectivity index (χ1) is 9.52. The Morgan fingerprint density at radius 3 is 2.45 bits per heavy atom. The monoisotopic (exact) mass is 313 g/mol. The molecular formula is C12H13Cl2N5O. The number of pyridine rings is 1. The zero-order chi connectivity index (χ0) is 14.7. The van der Waals surface area contributed by atoms with Gasteiger partial charge in [0.15, 0.2) is 5.82 Å². The lowest BCUT2D eigenvalue weighted by Crippen LogP contribution is -2.13. The Morgan fingerprint density at radius 2 is 1.85 bits per heavy atom. The van der Waals surface area contributed by atoms with Crippen LogP contribution in [0.4, 0.5) is 17.3 Å². The quantitative estimate of drug-likeness (QED) is 0.509. The molecule has 2 aromatic rings. The van der Waals surface area contributed by atoms with Gasteiger partial charge >= 0.3 is 0 Å². The van der Waals surface area contributed by atoms with Gasteiger partial charge in [-0.3, -0.25) is 0 Å². The highest BCUT2D eigenvalue weighted by Gasteiger charge is 2.11. The molecule has 8 heteroatoms. The second kappa shape index (κ2) is 6.04. The van der Waals surface area contributed by atoms with E-state index in [1.807, 2.05) is 0 Å². The summed E-state index contributed by atoms with van der Waals surface area (Å²) in [7, 11) is 0. The number of nitrogen functional groups attached to an aromatic ring is 3. The first-order valence-corrected chi connectivity index (χ1v) is 6.36. The predicted octanol–water partition coefficient (Wildman–Crippen LogP) is 2.42. The van der Waals surface area contributed by atoms with Crippen LogP contribution in [-0.4, -0.2) is 4.98 Å². The van der Waals surface area contributed by atoms with Crippen LogP contribution in [0.1, 0.15) is 5.56 Å². The Bertz CT molecular complexity index is 615. The van der Waals surface area contributed by atoms with Crippen LogP contribution in [0, 0.1) is 0 Å². The average molecular weight is 314 g/mol. The minimum absolute atomic E-state index is 0.149. The van der Waals surface area contributed by atoms with E-state index < -0.39 is 0 Å². The van der Waals surface area contributed by atoms with E-state index in [4.69, 9.17) is 45.2 Å². The van der Waals surface area contributed by atoms with Gasteiger partial charge in [0.05, 0.1) is 0 Å². The molecule has 106 valence electrons. The van der Waals surface area contributed by atoms with E-state index in [9.17, 15) is 0 Å². The maximum absolute atomic E-state index is 6.06. The molecule has 0 aliphatic rings. The minimum Gasteiger partial charge on any atom is -0.486 e. The van der Waals surface area contributed by atoms with Gasteiger partial charge in [0.1, 0.15) is 23.9 Å². The molecule has 0 spiro atoms. The summed E-state index contributed by atoms with van der Waals surface area (Å²) in [5.41, 5.74) is 14.8. The van der Waals surface area contributed by atoms with Gasteiger partial charge in [0.25, 0.3) is 0 Å². The van der Waals surface area contributed by atoms with E-state index in [-0.39, 0.29) is 23.9 Å². The van der Waals surface area contributed by atoms with Gasteiger partial charge in [0, 0.05) is 21.7 Å². The van der Waals surface area contributed by atoms with Crippen molar-refractivity contribution in [3.05, 3.63) is 39.9 Å². The molecule has 0 saturated heterocycles. The van der Waals surface area contributed by atoms with E-state index >= 15 is 0 Å². The van der Waals surface area contributed by atoms with Crippen LogP contribution in [0.25, 0.3) is 0 Å². The zero-order valence-corrected chi connectivity index (χ0v) is 11.9.